The molecule has 3 aliphatic rings. The van der Waals surface area contributed by atoms with Crippen LogP contribution < -0.4 is 0 Å². The zero-order valence-corrected chi connectivity index (χ0v) is 23.5. The molecule has 0 radical (unpaired) electrons. The largest absolute Gasteiger partial charge is 0.377 e. The number of fused-ring (bicyclic) bond motifs is 2. The van der Waals surface area contributed by atoms with E-state index >= 15 is 0 Å². The minimum Gasteiger partial charge on any atom is -0.377 e. The molecule has 0 amide bonds. The van der Waals surface area contributed by atoms with Crippen molar-refractivity contribution in [3.63, 3.8) is 0 Å². The lowest BCUT2D eigenvalue weighted by atomic mass is 9.71. The molecule has 206 valence electrons. The summed E-state index contributed by atoms with van der Waals surface area (Å²) < 4.78 is 36.9. The summed E-state index contributed by atoms with van der Waals surface area (Å²) in [5.41, 5.74) is 0.638. The van der Waals surface area contributed by atoms with Crippen molar-refractivity contribution in [1.82, 2.24) is 0 Å². The number of rotatable bonds is 1. The highest BCUT2D eigenvalue weighted by Crippen LogP contribution is 2.40. The summed E-state index contributed by atoms with van der Waals surface area (Å²) in [6, 6.07) is 0. The Morgan fingerprint density at radius 3 is 1.46 bits per heavy atom. The zero-order valence-electron chi connectivity index (χ0n) is 23.5. The van der Waals surface area contributed by atoms with Crippen LogP contribution in [-0.4, -0.2) is 77.3 Å². The Morgan fingerprint density at radius 1 is 0.514 bits per heavy atom. The Labute approximate surface area is 215 Å². The Balaban J connectivity index is 1.50. The van der Waals surface area contributed by atoms with Crippen molar-refractivity contribution in [2.24, 2.45) is 22.7 Å². The summed E-state index contributed by atoms with van der Waals surface area (Å²) in [7, 11) is 0. The molecule has 0 aromatic carbocycles. The van der Waals surface area contributed by atoms with E-state index in [1.165, 1.54) is 19.3 Å². The van der Waals surface area contributed by atoms with E-state index in [0.29, 0.717) is 75.5 Å². The third-order valence-electron chi connectivity index (χ3n) is 7.94. The Bertz CT molecular complexity index is 583. The van der Waals surface area contributed by atoms with Crippen LogP contribution in [0.5, 0.6) is 0 Å². The maximum absolute atomic E-state index is 6.31. The Kier molecular flexibility index (Phi) is 11.8. The van der Waals surface area contributed by atoms with Gasteiger partial charge in [0.15, 0.2) is 0 Å². The molecule has 2 aliphatic carbocycles. The van der Waals surface area contributed by atoms with Crippen molar-refractivity contribution in [2.45, 2.75) is 111 Å². The van der Waals surface area contributed by atoms with Crippen molar-refractivity contribution < 1.29 is 28.4 Å². The van der Waals surface area contributed by atoms with Gasteiger partial charge in [-0.05, 0) is 67.6 Å². The fourth-order valence-corrected chi connectivity index (χ4v) is 6.09. The van der Waals surface area contributed by atoms with Gasteiger partial charge in [0.1, 0.15) is 0 Å². The van der Waals surface area contributed by atoms with Gasteiger partial charge in [0.05, 0.1) is 77.3 Å². The van der Waals surface area contributed by atoms with Crippen molar-refractivity contribution in [3.05, 3.63) is 0 Å². The summed E-state index contributed by atoms with van der Waals surface area (Å²) in [4.78, 5) is 0. The second-order valence-corrected chi connectivity index (χ2v) is 13.2. The molecule has 6 nitrogen and oxygen atoms in total. The van der Waals surface area contributed by atoms with Gasteiger partial charge in [-0.3, -0.25) is 0 Å². The molecule has 3 rings (SSSR count). The van der Waals surface area contributed by atoms with Crippen LogP contribution in [0.15, 0.2) is 0 Å². The van der Waals surface area contributed by atoms with E-state index in [-0.39, 0.29) is 24.4 Å². The van der Waals surface area contributed by atoms with Crippen LogP contribution in [0, 0.1) is 22.7 Å². The van der Waals surface area contributed by atoms with Gasteiger partial charge < -0.3 is 28.4 Å². The minimum atomic E-state index is 0.124. The van der Waals surface area contributed by atoms with Crippen LogP contribution >= 0.6 is 0 Å². The van der Waals surface area contributed by atoms with Crippen LogP contribution in [0.25, 0.3) is 0 Å². The SMILES string of the molecule is CC(C)(C)CC1CCC2OCCOCCOC3CC(C(C)(C)C)CCC3OCCOCCOC2C1. The third kappa shape index (κ3) is 10.6. The molecule has 0 spiro atoms. The van der Waals surface area contributed by atoms with Crippen molar-refractivity contribution in [3.8, 4) is 0 Å². The first-order chi connectivity index (χ1) is 16.6. The van der Waals surface area contributed by atoms with E-state index in [1.807, 2.05) is 0 Å². The monoisotopic (exact) mass is 498 g/mol. The van der Waals surface area contributed by atoms with Crippen molar-refractivity contribution in [1.29, 1.82) is 0 Å². The Hall–Kier alpha value is -0.240. The lowest BCUT2D eigenvalue weighted by Crippen LogP contribution is -2.42. The summed E-state index contributed by atoms with van der Waals surface area (Å²) in [5.74, 6) is 1.35. The van der Waals surface area contributed by atoms with Crippen LogP contribution in [0.1, 0.15) is 86.5 Å². The molecule has 6 heteroatoms. The molecule has 6 unspecified atom stereocenters. The van der Waals surface area contributed by atoms with E-state index in [1.54, 1.807) is 0 Å². The highest BCUT2D eigenvalue weighted by atomic mass is 16.6. The summed E-state index contributed by atoms with van der Waals surface area (Å²) >= 11 is 0. The second-order valence-electron chi connectivity index (χ2n) is 13.2. The van der Waals surface area contributed by atoms with Crippen molar-refractivity contribution >= 4 is 0 Å². The fourth-order valence-electron chi connectivity index (χ4n) is 6.09. The quantitative estimate of drug-likeness (QED) is 0.465. The normalized spacial score (nSPS) is 35.8. The van der Waals surface area contributed by atoms with Crippen molar-refractivity contribution in [2.75, 3.05) is 52.9 Å². The highest BCUT2D eigenvalue weighted by Gasteiger charge is 2.37. The molecule has 1 aliphatic heterocycles. The van der Waals surface area contributed by atoms with Crippen LogP contribution in [0.4, 0.5) is 0 Å². The van der Waals surface area contributed by atoms with E-state index in [2.05, 4.69) is 41.5 Å². The Morgan fingerprint density at radius 2 is 0.971 bits per heavy atom. The van der Waals surface area contributed by atoms with Gasteiger partial charge in [-0.1, -0.05) is 41.5 Å². The van der Waals surface area contributed by atoms with Crippen LogP contribution in [0.3, 0.4) is 0 Å². The first kappa shape index (κ1) is 29.3. The maximum atomic E-state index is 6.31. The predicted octanol–water partition coefficient (Wildman–Crippen LogP) is 5.66. The van der Waals surface area contributed by atoms with Gasteiger partial charge in [0, 0.05) is 0 Å². The highest BCUT2D eigenvalue weighted by molar-refractivity contribution is 4.87. The van der Waals surface area contributed by atoms with E-state index in [4.69, 9.17) is 28.4 Å². The van der Waals surface area contributed by atoms with Gasteiger partial charge in [-0.15, -0.1) is 0 Å². The molecule has 0 aromatic rings. The molecule has 3 fully saturated rings. The minimum absolute atomic E-state index is 0.124. The average Bonchev–Trinajstić information content (AvgIpc) is 2.77. The topological polar surface area (TPSA) is 55.4 Å². The molecule has 35 heavy (non-hydrogen) atoms. The van der Waals surface area contributed by atoms with Gasteiger partial charge in [-0.2, -0.15) is 0 Å². The van der Waals surface area contributed by atoms with Crippen LogP contribution in [0.2, 0.25) is 0 Å². The standard InChI is InChI=1S/C29H54O6/c1-28(2,3)21-22-7-9-24-26(19-22)34-17-13-30-12-16-33-25-10-8-23(29(4,5)6)20-27(25)35-18-14-31-11-15-32-24/h22-27H,7-21H2,1-6H3. The fraction of sp³-hybridized carbons (Fsp3) is 1.00. The molecular formula is C29H54O6. The summed E-state index contributed by atoms with van der Waals surface area (Å²) in [6.07, 6.45) is 8.39. The molecule has 0 N–H and O–H groups in total. The third-order valence-corrected chi connectivity index (χ3v) is 7.94. The van der Waals surface area contributed by atoms with E-state index < -0.39 is 0 Å². The average molecular weight is 499 g/mol. The molecular weight excluding hydrogens is 444 g/mol. The smallest absolute Gasteiger partial charge is 0.0840 e. The first-order valence-electron chi connectivity index (χ1n) is 14.2. The van der Waals surface area contributed by atoms with E-state index in [0.717, 1.165) is 25.7 Å². The van der Waals surface area contributed by atoms with E-state index in [9.17, 15) is 0 Å². The molecule has 1 saturated heterocycles. The molecule has 6 atom stereocenters. The van der Waals surface area contributed by atoms with Crippen LogP contribution in [-0.2, 0) is 28.4 Å². The van der Waals surface area contributed by atoms with Gasteiger partial charge in [0.2, 0.25) is 0 Å². The first-order valence-corrected chi connectivity index (χ1v) is 14.2. The van der Waals surface area contributed by atoms with Gasteiger partial charge in [-0.25, -0.2) is 0 Å². The lowest BCUT2D eigenvalue weighted by molar-refractivity contribution is -0.140. The predicted molar refractivity (Wildman–Crippen MR) is 139 cm³/mol. The second kappa shape index (κ2) is 14.1. The molecule has 0 bridgehead atoms. The summed E-state index contributed by atoms with van der Waals surface area (Å²) in [6.45, 7) is 18.8. The number of hydrogen-bond donors (Lipinski definition) is 0. The molecule has 0 aromatic heterocycles. The lowest BCUT2D eigenvalue weighted by Gasteiger charge is -2.41. The maximum Gasteiger partial charge on any atom is 0.0840 e. The van der Waals surface area contributed by atoms with Gasteiger partial charge in [0.25, 0.3) is 0 Å². The zero-order chi connectivity index (χ0) is 25.3. The number of hydrogen-bond acceptors (Lipinski definition) is 6. The molecule has 2 saturated carbocycles. The number of ether oxygens (including phenoxy) is 6. The molecule has 1 heterocycles. The van der Waals surface area contributed by atoms with Gasteiger partial charge >= 0.3 is 0 Å². The summed E-state index contributed by atoms with van der Waals surface area (Å²) in [5, 5.41) is 0.